The molecule has 2 N–H and O–H groups in total. The Balaban J connectivity index is 2.24. The number of aromatic amines is 1. The second-order valence-electron chi connectivity index (χ2n) is 5.22. The van der Waals surface area contributed by atoms with Gasteiger partial charge in [-0.1, -0.05) is 19.4 Å². The Hall–Kier alpha value is -2.63. The fourth-order valence-corrected chi connectivity index (χ4v) is 2.51. The van der Waals surface area contributed by atoms with E-state index < -0.39 is 5.97 Å². The molecule has 0 unspecified atom stereocenters. The molecule has 2 aromatic rings. The molecule has 0 atom stereocenters. The van der Waals surface area contributed by atoms with Crippen LogP contribution in [-0.4, -0.2) is 29.0 Å². The van der Waals surface area contributed by atoms with Crippen molar-refractivity contribution >= 4 is 11.9 Å². The Bertz CT molecular complexity index is 693. The van der Waals surface area contributed by atoms with Crippen LogP contribution in [0.15, 0.2) is 24.4 Å². The summed E-state index contributed by atoms with van der Waals surface area (Å²) in [6.07, 6.45) is 3.13. The van der Waals surface area contributed by atoms with E-state index in [9.17, 15) is 9.59 Å². The van der Waals surface area contributed by atoms with E-state index in [1.807, 2.05) is 25.1 Å². The van der Waals surface area contributed by atoms with Gasteiger partial charge in [0, 0.05) is 11.9 Å². The summed E-state index contributed by atoms with van der Waals surface area (Å²) in [5, 5.41) is 2.83. The number of nitrogens with zero attached hydrogens (tertiary/aromatic N) is 1. The number of ether oxygens (including phenoxy) is 1. The summed E-state index contributed by atoms with van der Waals surface area (Å²) < 4.78 is 4.83. The molecule has 6 heteroatoms. The number of amides is 1. The molecule has 2 rings (SSSR count). The van der Waals surface area contributed by atoms with E-state index in [4.69, 9.17) is 4.74 Å². The number of nitrogens with one attached hydrogen (secondary N) is 2. The zero-order valence-electron chi connectivity index (χ0n) is 13.6. The third kappa shape index (κ3) is 3.77. The van der Waals surface area contributed by atoms with Gasteiger partial charge in [-0.25, -0.2) is 4.79 Å². The Labute approximate surface area is 135 Å². The van der Waals surface area contributed by atoms with E-state index in [2.05, 4.69) is 15.3 Å². The minimum atomic E-state index is -0.425. The smallest absolute Gasteiger partial charge is 0.339 e. The second kappa shape index (κ2) is 7.58. The molecule has 0 aliphatic heterocycles. The van der Waals surface area contributed by atoms with Crippen LogP contribution in [0.4, 0.5) is 0 Å². The topological polar surface area (TPSA) is 84.1 Å². The van der Waals surface area contributed by atoms with Crippen molar-refractivity contribution in [2.24, 2.45) is 0 Å². The van der Waals surface area contributed by atoms with E-state index in [0.717, 1.165) is 12.1 Å². The van der Waals surface area contributed by atoms with Gasteiger partial charge >= 0.3 is 5.97 Å². The van der Waals surface area contributed by atoms with E-state index in [1.54, 1.807) is 13.1 Å². The van der Waals surface area contributed by atoms with Crippen molar-refractivity contribution < 1.29 is 14.3 Å². The highest BCUT2D eigenvalue weighted by Crippen LogP contribution is 2.21. The average Bonchev–Trinajstić information content (AvgIpc) is 2.90. The van der Waals surface area contributed by atoms with Crippen LogP contribution in [-0.2, 0) is 17.7 Å². The number of aryl methyl sites for hydroxylation is 1. The molecule has 0 bridgehead atoms. The van der Waals surface area contributed by atoms with E-state index >= 15 is 0 Å². The van der Waals surface area contributed by atoms with Crippen LogP contribution in [0.3, 0.4) is 0 Å². The molecule has 2 aromatic heterocycles. The Morgan fingerprint density at radius 3 is 2.74 bits per heavy atom. The number of rotatable bonds is 6. The number of hydrogen-bond acceptors (Lipinski definition) is 4. The van der Waals surface area contributed by atoms with Gasteiger partial charge in [0.2, 0.25) is 0 Å². The highest BCUT2D eigenvalue weighted by atomic mass is 16.5. The number of aromatic nitrogens is 2. The highest BCUT2D eigenvalue weighted by Gasteiger charge is 2.24. The van der Waals surface area contributed by atoms with Crippen LogP contribution >= 0.6 is 0 Å². The lowest BCUT2D eigenvalue weighted by atomic mass is 10.0. The summed E-state index contributed by atoms with van der Waals surface area (Å²) in [6, 6.07) is 5.53. The van der Waals surface area contributed by atoms with Crippen LogP contribution in [0.5, 0.6) is 0 Å². The number of carbonyl (C=O) groups is 2. The van der Waals surface area contributed by atoms with Crippen LogP contribution in [0.2, 0.25) is 0 Å². The molecular weight excluding hydrogens is 294 g/mol. The summed E-state index contributed by atoms with van der Waals surface area (Å²) in [4.78, 5) is 31.6. The van der Waals surface area contributed by atoms with Crippen molar-refractivity contribution in [1.82, 2.24) is 15.3 Å². The van der Waals surface area contributed by atoms with Gasteiger partial charge in [0.15, 0.2) is 0 Å². The van der Waals surface area contributed by atoms with Gasteiger partial charge in [0.25, 0.3) is 5.91 Å². The molecule has 23 heavy (non-hydrogen) atoms. The molecule has 0 spiro atoms. The Morgan fingerprint density at radius 1 is 1.35 bits per heavy atom. The number of pyridine rings is 1. The Morgan fingerprint density at radius 2 is 2.13 bits per heavy atom. The number of H-pyrrole nitrogens is 1. The van der Waals surface area contributed by atoms with Crippen LogP contribution < -0.4 is 5.32 Å². The monoisotopic (exact) mass is 315 g/mol. The third-order valence-corrected chi connectivity index (χ3v) is 3.56. The minimum Gasteiger partial charge on any atom is -0.465 e. The standard InChI is InChI=1S/C17H21N3O3/c1-4-7-13-14(17(22)23-3)11(2)20-15(13)16(21)19-10-12-8-5-6-9-18-12/h5-6,8-9,20H,4,7,10H2,1-3H3,(H,19,21). The summed E-state index contributed by atoms with van der Waals surface area (Å²) >= 11 is 0. The molecule has 0 fully saturated rings. The normalized spacial score (nSPS) is 10.4. The van der Waals surface area contributed by atoms with Gasteiger partial charge in [-0.2, -0.15) is 0 Å². The first kappa shape index (κ1) is 16.7. The third-order valence-electron chi connectivity index (χ3n) is 3.56. The number of esters is 1. The number of hydrogen-bond donors (Lipinski definition) is 2. The molecule has 6 nitrogen and oxygen atoms in total. The van der Waals surface area contributed by atoms with Gasteiger partial charge in [0.05, 0.1) is 24.9 Å². The Kier molecular flexibility index (Phi) is 5.51. The second-order valence-corrected chi connectivity index (χ2v) is 5.22. The van der Waals surface area contributed by atoms with Gasteiger partial charge < -0.3 is 15.0 Å². The van der Waals surface area contributed by atoms with Crippen LogP contribution in [0, 0.1) is 6.92 Å². The molecule has 0 aromatic carbocycles. The molecule has 0 aliphatic carbocycles. The van der Waals surface area contributed by atoms with Gasteiger partial charge in [-0.3, -0.25) is 9.78 Å². The average molecular weight is 315 g/mol. The van der Waals surface area contributed by atoms with Gasteiger partial charge in [-0.05, 0) is 31.0 Å². The molecule has 0 radical (unpaired) electrons. The van der Waals surface area contributed by atoms with Gasteiger partial charge in [0.1, 0.15) is 5.69 Å². The zero-order chi connectivity index (χ0) is 16.8. The molecule has 0 saturated heterocycles. The first-order valence-electron chi connectivity index (χ1n) is 7.56. The lowest BCUT2D eigenvalue weighted by Gasteiger charge is -2.07. The maximum atomic E-state index is 12.5. The summed E-state index contributed by atoms with van der Waals surface area (Å²) in [5.41, 5.74) is 2.99. The largest absolute Gasteiger partial charge is 0.465 e. The number of methoxy groups -OCH3 is 1. The highest BCUT2D eigenvalue weighted by molar-refractivity contribution is 6.00. The lowest BCUT2D eigenvalue weighted by molar-refractivity contribution is 0.0599. The fourth-order valence-electron chi connectivity index (χ4n) is 2.51. The minimum absolute atomic E-state index is 0.252. The van der Waals surface area contributed by atoms with Crippen LogP contribution in [0.25, 0.3) is 0 Å². The fraction of sp³-hybridized carbons (Fsp3) is 0.353. The summed E-state index contributed by atoms with van der Waals surface area (Å²) in [6.45, 7) is 4.09. The van der Waals surface area contributed by atoms with Crippen molar-refractivity contribution in [3.05, 3.63) is 52.6 Å². The predicted octanol–water partition coefficient (Wildman–Crippen LogP) is 2.39. The first-order valence-corrected chi connectivity index (χ1v) is 7.56. The molecule has 122 valence electrons. The predicted molar refractivity (Wildman–Crippen MR) is 86.3 cm³/mol. The van der Waals surface area contributed by atoms with Gasteiger partial charge in [-0.15, -0.1) is 0 Å². The van der Waals surface area contributed by atoms with Crippen LogP contribution in [0.1, 0.15) is 51.1 Å². The molecule has 2 heterocycles. The van der Waals surface area contributed by atoms with E-state index in [-0.39, 0.29) is 5.91 Å². The molecule has 0 saturated carbocycles. The van der Waals surface area contributed by atoms with E-state index in [0.29, 0.717) is 35.5 Å². The van der Waals surface area contributed by atoms with Crippen molar-refractivity contribution in [3.63, 3.8) is 0 Å². The quantitative estimate of drug-likeness (QED) is 0.802. The van der Waals surface area contributed by atoms with Crippen molar-refractivity contribution in [2.45, 2.75) is 33.2 Å². The molecule has 0 aliphatic rings. The number of carbonyl (C=O) groups excluding carboxylic acids is 2. The molecule has 1 amide bonds. The lowest BCUT2D eigenvalue weighted by Crippen LogP contribution is -2.25. The van der Waals surface area contributed by atoms with Crippen molar-refractivity contribution in [2.75, 3.05) is 7.11 Å². The van der Waals surface area contributed by atoms with E-state index in [1.165, 1.54) is 7.11 Å². The maximum Gasteiger partial charge on any atom is 0.339 e. The first-order chi connectivity index (χ1) is 11.1. The SMILES string of the molecule is CCCc1c(C(=O)NCc2ccccn2)[nH]c(C)c1C(=O)OC. The zero-order valence-corrected chi connectivity index (χ0v) is 13.6. The maximum absolute atomic E-state index is 12.5. The molecular formula is C17H21N3O3. The summed E-state index contributed by atoms with van der Waals surface area (Å²) in [5.74, 6) is -0.677. The summed E-state index contributed by atoms with van der Waals surface area (Å²) in [7, 11) is 1.34. The van der Waals surface area contributed by atoms with Crippen molar-refractivity contribution in [3.8, 4) is 0 Å². The van der Waals surface area contributed by atoms with Crippen molar-refractivity contribution in [1.29, 1.82) is 0 Å².